The molecular formula is C13H21ClN2O4. The average Bonchev–Trinajstić information content (AvgIpc) is 2.89. The minimum atomic E-state index is -0.443. The summed E-state index contributed by atoms with van der Waals surface area (Å²) in [6.07, 6.45) is 2.19. The highest BCUT2D eigenvalue weighted by Gasteiger charge is 2.15. The van der Waals surface area contributed by atoms with Crippen LogP contribution in [0, 0.1) is 5.92 Å². The van der Waals surface area contributed by atoms with Crippen molar-refractivity contribution in [2.24, 2.45) is 5.92 Å². The second kappa shape index (κ2) is 8.94. The summed E-state index contributed by atoms with van der Waals surface area (Å²) in [5, 5.41) is 7.00. The summed E-state index contributed by atoms with van der Waals surface area (Å²) in [5.41, 5.74) is 0.227. The van der Waals surface area contributed by atoms with Gasteiger partial charge in [0.1, 0.15) is 0 Å². The summed E-state index contributed by atoms with van der Waals surface area (Å²) < 4.78 is 15.2. The van der Waals surface area contributed by atoms with Crippen LogP contribution in [0.5, 0.6) is 0 Å². The van der Waals surface area contributed by atoms with Crippen molar-refractivity contribution < 1.29 is 18.8 Å². The Morgan fingerprint density at radius 3 is 2.95 bits per heavy atom. The van der Waals surface area contributed by atoms with Gasteiger partial charge in [-0.25, -0.2) is 4.79 Å². The standard InChI is InChI=1S/C13H20N2O4.ClH/c1-2-18-13(16)12-7-11(19-15-12)9-14-8-10-3-5-17-6-4-10;/h7,10,14H,2-6,8-9H2,1H3;1H. The summed E-state index contributed by atoms with van der Waals surface area (Å²) >= 11 is 0. The lowest BCUT2D eigenvalue weighted by Gasteiger charge is -2.21. The van der Waals surface area contributed by atoms with Crippen molar-refractivity contribution in [3.8, 4) is 0 Å². The van der Waals surface area contributed by atoms with Crippen molar-refractivity contribution in [1.82, 2.24) is 10.5 Å². The van der Waals surface area contributed by atoms with Gasteiger partial charge in [-0.3, -0.25) is 0 Å². The Morgan fingerprint density at radius 1 is 1.50 bits per heavy atom. The van der Waals surface area contributed by atoms with Crippen molar-refractivity contribution in [3.63, 3.8) is 0 Å². The first-order valence-electron chi connectivity index (χ1n) is 6.70. The highest BCUT2D eigenvalue weighted by Crippen LogP contribution is 2.13. The first-order chi connectivity index (χ1) is 9.29. The zero-order chi connectivity index (χ0) is 13.5. The molecule has 0 aliphatic carbocycles. The molecule has 2 rings (SSSR count). The normalized spacial score (nSPS) is 15.7. The highest BCUT2D eigenvalue weighted by molar-refractivity contribution is 5.87. The van der Waals surface area contributed by atoms with E-state index in [2.05, 4.69) is 10.5 Å². The Balaban J connectivity index is 0.00000200. The van der Waals surface area contributed by atoms with Crippen molar-refractivity contribution in [2.45, 2.75) is 26.3 Å². The lowest BCUT2D eigenvalue weighted by Crippen LogP contribution is -2.27. The van der Waals surface area contributed by atoms with E-state index in [0.29, 0.717) is 24.8 Å². The smallest absolute Gasteiger partial charge is 0.360 e. The van der Waals surface area contributed by atoms with Crippen LogP contribution >= 0.6 is 12.4 Å². The van der Waals surface area contributed by atoms with Gasteiger partial charge in [-0.15, -0.1) is 12.4 Å². The van der Waals surface area contributed by atoms with Crippen LogP contribution in [0.3, 0.4) is 0 Å². The first kappa shape index (κ1) is 16.9. The van der Waals surface area contributed by atoms with Gasteiger partial charge >= 0.3 is 5.97 Å². The van der Waals surface area contributed by atoms with Crippen LogP contribution < -0.4 is 5.32 Å². The number of hydrogen-bond acceptors (Lipinski definition) is 6. The molecule has 0 unspecified atom stereocenters. The molecule has 1 aliphatic heterocycles. The van der Waals surface area contributed by atoms with Gasteiger partial charge in [0.05, 0.1) is 13.2 Å². The van der Waals surface area contributed by atoms with Crippen molar-refractivity contribution >= 4 is 18.4 Å². The molecule has 1 fully saturated rings. The van der Waals surface area contributed by atoms with Crippen LogP contribution in [-0.4, -0.2) is 37.5 Å². The van der Waals surface area contributed by atoms with Crippen molar-refractivity contribution in [2.75, 3.05) is 26.4 Å². The molecule has 0 aromatic carbocycles. The summed E-state index contributed by atoms with van der Waals surface area (Å²) in [4.78, 5) is 11.4. The van der Waals surface area contributed by atoms with E-state index >= 15 is 0 Å². The molecule has 7 heteroatoms. The third-order valence-electron chi connectivity index (χ3n) is 3.12. The molecule has 0 spiro atoms. The molecule has 0 bridgehead atoms. The van der Waals surface area contributed by atoms with Gasteiger partial charge in [0.15, 0.2) is 11.5 Å². The first-order valence-corrected chi connectivity index (χ1v) is 6.70. The molecule has 6 nitrogen and oxygen atoms in total. The fourth-order valence-corrected chi connectivity index (χ4v) is 2.05. The Bertz CT molecular complexity index is 405. The van der Waals surface area contributed by atoms with Crippen LogP contribution in [0.2, 0.25) is 0 Å². The number of rotatable bonds is 6. The van der Waals surface area contributed by atoms with E-state index in [1.807, 2.05) is 0 Å². The predicted octanol–water partition coefficient (Wildman–Crippen LogP) is 1.79. The Labute approximate surface area is 124 Å². The zero-order valence-electron chi connectivity index (χ0n) is 11.6. The molecule has 0 amide bonds. The molecule has 114 valence electrons. The Kier molecular flexibility index (Phi) is 7.58. The van der Waals surface area contributed by atoms with Gasteiger partial charge in [-0.2, -0.15) is 0 Å². The molecule has 0 atom stereocenters. The number of nitrogens with zero attached hydrogens (tertiary/aromatic N) is 1. The van der Waals surface area contributed by atoms with Crippen LogP contribution in [0.4, 0.5) is 0 Å². The highest BCUT2D eigenvalue weighted by atomic mass is 35.5. The maximum Gasteiger partial charge on any atom is 0.360 e. The van der Waals surface area contributed by atoms with Gasteiger partial charge in [0.2, 0.25) is 0 Å². The molecule has 0 radical (unpaired) electrons. The van der Waals surface area contributed by atoms with Crippen molar-refractivity contribution in [1.29, 1.82) is 0 Å². The molecule has 1 N–H and O–H groups in total. The van der Waals surface area contributed by atoms with E-state index in [9.17, 15) is 4.79 Å². The number of carbonyl (C=O) groups is 1. The molecule has 1 aromatic rings. The largest absolute Gasteiger partial charge is 0.461 e. The topological polar surface area (TPSA) is 73.6 Å². The lowest BCUT2D eigenvalue weighted by molar-refractivity contribution is 0.0514. The molecule has 2 heterocycles. The van der Waals surface area contributed by atoms with E-state index in [4.69, 9.17) is 14.0 Å². The van der Waals surface area contributed by atoms with Crippen LogP contribution in [0.15, 0.2) is 10.6 Å². The van der Waals surface area contributed by atoms with Gasteiger partial charge in [0, 0.05) is 19.3 Å². The Hall–Kier alpha value is -1.11. The quantitative estimate of drug-likeness (QED) is 0.808. The minimum Gasteiger partial charge on any atom is -0.461 e. The van der Waals surface area contributed by atoms with E-state index in [0.717, 1.165) is 32.6 Å². The number of nitrogens with one attached hydrogen (secondary N) is 1. The van der Waals surface area contributed by atoms with Crippen molar-refractivity contribution in [3.05, 3.63) is 17.5 Å². The maximum atomic E-state index is 11.4. The van der Waals surface area contributed by atoms with Gasteiger partial charge in [-0.1, -0.05) is 5.16 Å². The fourth-order valence-electron chi connectivity index (χ4n) is 2.05. The number of hydrogen-bond donors (Lipinski definition) is 1. The Morgan fingerprint density at radius 2 is 2.25 bits per heavy atom. The second-order valence-corrected chi connectivity index (χ2v) is 4.59. The summed E-state index contributed by atoms with van der Waals surface area (Å²) in [6.45, 7) is 5.29. The van der Waals surface area contributed by atoms with E-state index < -0.39 is 5.97 Å². The SMILES string of the molecule is CCOC(=O)c1cc(CNCC2CCOCC2)on1.Cl. The second-order valence-electron chi connectivity index (χ2n) is 4.59. The number of esters is 1. The molecule has 1 aliphatic rings. The number of carbonyl (C=O) groups excluding carboxylic acids is 1. The third-order valence-corrected chi connectivity index (χ3v) is 3.12. The summed E-state index contributed by atoms with van der Waals surface area (Å²) in [6, 6.07) is 1.62. The number of halogens is 1. The maximum absolute atomic E-state index is 11.4. The summed E-state index contributed by atoms with van der Waals surface area (Å²) in [5.74, 6) is 0.859. The summed E-state index contributed by atoms with van der Waals surface area (Å²) in [7, 11) is 0. The van der Waals surface area contributed by atoms with Crippen LogP contribution in [0.25, 0.3) is 0 Å². The third kappa shape index (κ3) is 5.11. The fraction of sp³-hybridized carbons (Fsp3) is 0.692. The molecular weight excluding hydrogens is 284 g/mol. The molecule has 0 saturated carbocycles. The predicted molar refractivity (Wildman–Crippen MR) is 75.0 cm³/mol. The molecule has 20 heavy (non-hydrogen) atoms. The van der Waals surface area contributed by atoms with E-state index in [1.165, 1.54) is 0 Å². The van der Waals surface area contributed by atoms with E-state index in [1.54, 1.807) is 13.0 Å². The van der Waals surface area contributed by atoms with Crippen LogP contribution in [-0.2, 0) is 16.0 Å². The average molecular weight is 305 g/mol. The van der Waals surface area contributed by atoms with Crippen LogP contribution in [0.1, 0.15) is 36.0 Å². The minimum absolute atomic E-state index is 0. The number of aromatic nitrogens is 1. The zero-order valence-corrected chi connectivity index (χ0v) is 12.4. The number of ether oxygens (including phenoxy) is 2. The molecule has 1 aromatic heterocycles. The molecule has 1 saturated heterocycles. The lowest BCUT2D eigenvalue weighted by atomic mass is 10.0. The monoisotopic (exact) mass is 304 g/mol. The van der Waals surface area contributed by atoms with E-state index in [-0.39, 0.29) is 18.1 Å². The van der Waals surface area contributed by atoms with Gasteiger partial charge in [0.25, 0.3) is 0 Å². The van der Waals surface area contributed by atoms with Gasteiger partial charge in [-0.05, 0) is 32.2 Å². The van der Waals surface area contributed by atoms with Gasteiger partial charge < -0.3 is 19.3 Å².